The van der Waals surface area contributed by atoms with E-state index in [4.69, 9.17) is 0 Å². The summed E-state index contributed by atoms with van der Waals surface area (Å²) in [4.78, 5) is 4.37. The molecule has 0 radical (unpaired) electrons. The average Bonchev–Trinajstić information content (AvgIpc) is 2.60. The maximum atomic E-state index is 12.6. The minimum Gasteiger partial charge on any atom is -0.352 e. The fraction of sp³-hybridized carbons (Fsp3) is 0.316. The number of rotatable bonds is 5. The predicted octanol–water partition coefficient (Wildman–Crippen LogP) is 3.90. The molecule has 29 heavy (non-hydrogen) atoms. The van der Waals surface area contributed by atoms with E-state index in [0.29, 0.717) is 35.1 Å². The fourth-order valence-corrected chi connectivity index (χ4v) is 3.60. The largest absolute Gasteiger partial charge is 0.416 e. The van der Waals surface area contributed by atoms with Crippen molar-refractivity contribution in [2.45, 2.75) is 31.1 Å². The number of benzene rings is 2. The highest BCUT2D eigenvalue weighted by molar-refractivity contribution is 14.0. The first-order valence-corrected chi connectivity index (χ1v) is 10.3. The van der Waals surface area contributed by atoms with Gasteiger partial charge in [-0.3, -0.25) is 4.99 Å². The van der Waals surface area contributed by atoms with Crippen LogP contribution in [0.1, 0.15) is 22.3 Å². The molecule has 10 heteroatoms. The van der Waals surface area contributed by atoms with Gasteiger partial charge in [-0.05, 0) is 41.8 Å². The van der Waals surface area contributed by atoms with Crippen molar-refractivity contribution in [2.24, 2.45) is 4.99 Å². The molecule has 2 aromatic rings. The summed E-state index contributed by atoms with van der Waals surface area (Å²) in [5.74, 6) is 0.477. The molecule has 0 bridgehead atoms. The average molecular weight is 541 g/mol. The molecule has 0 aromatic heterocycles. The minimum absolute atomic E-state index is 0. The highest BCUT2D eigenvalue weighted by Gasteiger charge is 2.29. The number of nitrogens with zero attached hydrogens (tertiary/aromatic N) is 1. The van der Waals surface area contributed by atoms with Crippen molar-refractivity contribution in [1.82, 2.24) is 10.6 Å². The second-order valence-corrected chi connectivity index (χ2v) is 8.33. The fourth-order valence-electron chi connectivity index (χ4n) is 2.64. The summed E-state index contributed by atoms with van der Waals surface area (Å²) in [7, 11) is -1.68. The topological polar surface area (TPSA) is 70.6 Å². The van der Waals surface area contributed by atoms with Crippen LogP contribution >= 0.6 is 24.0 Å². The van der Waals surface area contributed by atoms with Crippen molar-refractivity contribution in [1.29, 1.82) is 0 Å². The maximum absolute atomic E-state index is 12.6. The molecule has 0 saturated heterocycles. The summed E-state index contributed by atoms with van der Waals surface area (Å²) in [5, 5.41) is 6.11. The van der Waals surface area contributed by atoms with E-state index in [1.807, 2.05) is 0 Å². The Morgan fingerprint density at radius 1 is 1.00 bits per heavy atom. The summed E-state index contributed by atoms with van der Waals surface area (Å²) in [6.07, 6.45) is -3.19. The summed E-state index contributed by atoms with van der Waals surface area (Å²) in [6.45, 7) is 2.46. The summed E-state index contributed by atoms with van der Waals surface area (Å²) in [6, 6.07) is 9.98. The SMILES string of the molecule is CN=C(NCc1ccc(C(F)(F)F)cc1)NCc1ccc(S(C)(=O)=O)c(C)c1.I. The van der Waals surface area contributed by atoms with Gasteiger partial charge in [0.05, 0.1) is 10.5 Å². The van der Waals surface area contributed by atoms with E-state index in [0.717, 1.165) is 17.7 Å². The lowest BCUT2D eigenvalue weighted by molar-refractivity contribution is -0.137. The van der Waals surface area contributed by atoms with Crippen molar-refractivity contribution in [3.05, 3.63) is 64.7 Å². The van der Waals surface area contributed by atoms with Crippen LogP contribution in [0.15, 0.2) is 52.4 Å². The Kier molecular flexibility index (Phi) is 8.94. The molecule has 160 valence electrons. The maximum Gasteiger partial charge on any atom is 0.416 e. The molecule has 0 aliphatic heterocycles. The number of guanidine groups is 1. The van der Waals surface area contributed by atoms with Crippen molar-refractivity contribution >= 4 is 39.8 Å². The molecule has 0 amide bonds. The number of nitrogens with one attached hydrogen (secondary N) is 2. The molecule has 0 atom stereocenters. The van der Waals surface area contributed by atoms with Crippen LogP contribution in [0, 0.1) is 6.92 Å². The second-order valence-electron chi connectivity index (χ2n) is 6.35. The Labute approximate surface area is 185 Å². The quantitative estimate of drug-likeness (QED) is 0.343. The van der Waals surface area contributed by atoms with Gasteiger partial charge in [0.25, 0.3) is 0 Å². The van der Waals surface area contributed by atoms with Gasteiger partial charge in [0.2, 0.25) is 0 Å². The van der Waals surface area contributed by atoms with Gasteiger partial charge in [-0.2, -0.15) is 13.2 Å². The van der Waals surface area contributed by atoms with E-state index in [2.05, 4.69) is 15.6 Å². The Morgan fingerprint density at radius 2 is 1.52 bits per heavy atom. The lowest BCUT2D eigenvalue weighted by atomic mass is 10.1. The normalized spacial score (nSPS) is 12.3. The number of hydrogen-bond donors (Lipinski definition) is 2. The summed E-state index contributed by atoms with van der Waals surface area (Å²) in [5.41, 5.74) is 1.54. The number of aliphatic imine (C=N–C) groups is 1. The molecule has 0 aliphatic carbocycles. The Balaban J connectivity index is 0.00000420. The molecule has 2 rings (SSSR count). The Morgan fingerprint density at radius 3 is 1.97 bits per heavy atom. The molecular formula is C19H23F3IN3O2S. The molecule has 5 nitrogen and oxygen atoms in total. The first-order valence-electron chi connectivity index (χ1n) is 8.41. The molecule has 0 spiro atoms. The van der Waals surface area contributed by atoms with Crippen molar-refractivity contribution in [3.8, 4) is 0 Å². The van der Waals surface area contributed by atoms with E-state index in [1.54, 1.807) is 32.2 Å². The molecule has 2 N–H and O–H groups in total. The third-order valence-corrected chi connectivity index (χ3v) is 5.32. The van der Waals surface area contributed by atoms with E-state index in [1.165, 1.54) is 18.4 Å². The zero-order chi connectivity index (χ0) is 20.9. The van der Waals surface area contributed by atoms with E-state index < -0.39 is 21.6 Å². The van der Waals surface area contributed by atoms with E-state index >= 15 is 0 Å². The lowest BCUT2D eigenvalue weighted by Gasteiger charge is -2.13. The van der Waals surface area contributed by atoms with Gasteiger partial charge in [-0.1, -0.05) is 24.3 Å². The van der Waals surface area contributed by atoms with Gasteiger partial charge in [-0.15, -0.1) is 24.0 Å². The van der Waals surface area contributed by atoms with E-state index in [-0.39, 0.29) is 24.0 Å². The number of alkyl halides is 3. The molecule has 0 heterocycles. The number of hydrogen-bond acceptors (Lipinski definition) is 3. The third kappa shape index (κ3) is 7.50. The second kappa shape index (κ2) is 10.3. The summed E-state index contributed by atoms with van der Waals surface area (Å²) >= 11 is 0. The monoisotopic (exact) mass is 541 g/mol. The van der Waals surface area contributed by atoms with Gasteiger partial charge in [-0.25, -0.2) is 8.42 Å². The van der Waals surface area contributed by atoms with E-state index in [9.17, 15) is 21.6 Å². The smallest absolute Gasteiger partial charge is 0.352 e. The van der Waals surface area contributed by atoms with Crippen molar-refractivity contribution in [2.75, 3.05) is 13.3 Å². The Bertz CT molecular complexity index is 960. The molecule has 0 unspecified atom stereocenters. The van der Waals surface area contributed by atoms with Gasteiger partial charge >= 0.3 is 6.18 Å². The molecule has 0 aliphatic rings. The standard InChI is InChI=1S/C19H22F3N3O2S.HI/c1-13-10-15(6-9-17(13)28(3,26)27)12-25-18(23-2)24-11-14-4-7-16(8-5-14)19(20,21)22;/h4-10H,11-12H2,1-3H3,(H2,23,24,25);1H. The van der Waals surface area contributed by atoms with Crippen LogP contribution in [0.3, 0.4) is 0 Å². The van der Waals surface area contributed by atoms with Gasteiger partial charge in [0, 0.05) is 26.4 Å². The molecule has 2 aromatic carbocycles. The zero-order valence-electron chi connectivity index (χ0n) is 16.2. The number of halogens is 4. The molecule has 0 saturated carbocycles. The minimum atomic E-state index is -4.35. The third-order valence-electron chi connectivity index (χ3n) is 4.06. The van der Waals surface area contributed by atoms with Crippen LogP contribution in [0.4, 0.5) is 13.2 Å². The van der Waals surface area contributed by atoms with Crippen LogP contribution in [0.5, 0.6) is 0 Å². The van der Waals surface area contributed by atoms with Gasteiger partial charge in [0.1, 0.15) is 0 Å². The number of sulfone groups is 1. The first kappa shape index (κ1) is 25.2. The molecular weight excluding hydrogens is 518 g/mol. The van der Waals surface area contributed by atoms with Crippen molar-refractivity contribution < 1.29 is 21.6 Å². The van der Waals surface area contributed by atoms with Crippen molar-refractivity contribution in [3.63, 3.8) is 0 Å². The Hall–Kier alpha value is -1.82. The summed E-state index contributed by atoms with van der Waals surface area (Å²) < 4.78 is 61.1. The van der Waals surface area contributed by atoms with Crippen LogP contribution < -0.4 is 10.6 Å². The van der Waals surface area contributed by atoms with Crippen LogP contribution in [0.25, 0.3) is 0 Å². The highest BCUT2D eigenvalue weighted by Crippen LogP contribution is 2.29. The highest BCUT2D eigenvalue weighted by atomic mass is 127. The zero-order valence-corrected chi connectivity index (χ0v) is 19.3. The predicted molar refractivity (Wildman–Crippen MR) is 118 cm³/mol. The lowest BCUT2D eigenvalue weighted by Crippen LogP contribution is -2.36. The van der Waals surface area contributed by atoms with Crippen LogP contribution in [0.2, 0.25) is 0 Å². The van der Waals surface area contributed by atoms with Gasteiger partial charge in [0.15, 0.2) is 15.8 Å². The van der Waals surface area contributed by atoms with Crippen LogP contribution in [-0.2, 0) is 29.1 Å². The first-order chi connectivity index (χ1) is 13.0. The molecule has 0 fully saturated rings. The number of aryl methyl sites for hydroxylation is 1. The van der Waals surface area contributed by atoms with Crippen LogP contribution in [-0.4, -0.2) is 27.7 Å². The van der Waals surface area contributed by atoms with Gasteiger partial charge < -0.3 is 10.6 Å².